The SMILES string of the molecule is N#Cc1c(-c2ccc(F)cc2)cc(-c2ccccc2)nc1N. The second-order valence-electron chi connectivity index (χ2n) is 4.80. The lowest BCUT2D eigenvalue weighted by Crippen LogP contribution is -1.99. The van der Waals surface area contributed by atoms with Crippen LogP contribution in [-0.2, 0) is 0 Å². The van der Waals surface area contributed by atoms with Crippen LogP contribution in [0.1, 0.15) is 5.56 Å². The number of hydrogen-bond donors (Lipinski definition) is 1. The Morgan fingerprint density at radius 2 is 1.64 bits per heavy atom. The fraction of sp³-hybridized carbons (Fsp3) is 0. The number of anilines is 1. The molecule has 0 saturated heterocycles. The first-order valence-corrected chi connectivity index (χ1v) is 6.71. The van der Waals surface area contributed by atoms with Crippen LogP contribution in [0.3, 0.4) is 0 Å². The minimum Gasteiger partial charge on any atom is -0.383 e. The quantitative estimate of drug-likeness (QED) is 0.775. The Balaban J connectivity index is 2.22. The van der Waals surface area contributed by atoms with Gasteiger partial charge in [0.2, 0.25) is 0 Å². The van der Waals surface area contributed by atoms with Crippen LogP contribution in [0.5, 0.6) is 0 Å². The van der Waals surface area contributed by atoms with Gasteiger partial charge in [-0.25, -0.2) is 9.37 Å². The van der Waals surface area contributed by atoms with Gasteiger partial charge in [0.25, 0.3) is 0 Å². The zero-order valence-electron chi connectivity index (χ0n) is 11.6. The van der Waals surface area contributed by atoms with Crippen LogP contribution < -0.4 is 5.73 Å². The molecule has 0 unspecified atom stereocenters. The van der Waals surface area contributed by atoms with Gasteiger partial charge in [-0.2, -0.15) is 5.26 Å². The van der Waals surface area contributed by atoms with Crippen molar-refractivity contribution in [3.05, 3.63) is 72.0 Å². The zero-order chi connectivity index (χ0) is 15.5. The van der Waals surface area contributed by atoms with Crippen molar-refractivity contribution in [2.45, 2.75) is 0 Å². The molecule has 22 heavy (non-hydrogen) atoms. The predicted octanol–water partition coefficient (Wildman–Crippen LogP) is 4.01. The lowest BCUT2D eigenvalue weighted by atomic mass is 9.98. The average molecular weight is 289 g/mol. The molecule has 3 rings (SSSR count). The molecule has 3 aromatic rings. The largest absolute Gasteiger partial charge is 0.383 e. The molecule has 0 fully saturated rings. The number of aromatic nitrogens is 1. The first-order chi connectivity index (χ1) is 10.7. The molecule has 0 aliphatic heterocycles. The fourth-order valence-corrected chi connectivity index (χ4v) is 2.30. The Morgan fingerprint density at radius 1 is 0.955 bits per heavy atom. The minimum absolute atomic E-state index is 0.170. The molecule has 106 valence electrons. The normalized spacial score (nSPS) is 10.2. The van der Waals surface area contributed by atoms with Crippen LogP contribution in [-0.4, -0.2) is 4.98 Å². The monoisotopic (exact) mass is 289 g/mol. The van der Waals surface area contributed by atoms with Crippen LogP contribution in [0.25, 0.3) is 22.4 Å². The Labute approximate surface area is 127 Å². The summed E-state index contributed by atoms with van der Waals surface area (Å²) in [6, 6.07) is 19.4. The zero-order valence-corrected chi connectivity index (χ0v) is 11.6. The second-order valence-corrected chi connectivity index (χ2v) is 4.80. The molecule has 4 heteroatoms. The van der Waals surface area contributed by atoms with Crippen LogP contribution >= 0.6 is 0 Å². The molecule has 0 aliphatic rings. The van der Waals surface area contributed by atoms with Crippen molar-refractivity contribution in [2.24, 2.45) is 0 Å². The van der Waals surface area contributed by atoms with Gasteiger partial charge >= 0.3 is 0 Å². The van der Waals surface area contributed by atoms with E-state index in [1.54, 1.807) is 18.2 Å². The van der Waals surface area contributed by atoms with Gasteiger partial charge < -0.3 is 5.73 Å². The number of nitrogen functional groups attached to an aromatic ring is 1. The second kappa shape index (κ2) is 5.66. The summed E-state index contributed by atoms with van der Waals surface area (Å²) in [6.07, 6.45) is 0. The van der Waals surface area contributed by atoms with Gasteiger partial charge in [0, 0.05) is 11.1 Å². The van der Waals surface area contributed by atoms with E-state index in [1.165, 1.54) is 12.1 Å². The molecule has 1 heterocycles. The van der Waals surface area contributed by atoms with Crippen molar-refractivity contribution < 1.29 is 4.39 Å². The first-order valence-electron chi connectivity index (χ1n) is 6.71. The summed E-state index contributed by atoms with van der Waals surface area (Å²) >= 11 is 0. The van der Waals surface area contributed by atoms with Crippen LogP contribution in [0, 0.1) is 17.1 Å². The molecule has 2 N–H and O–H groups in total. The lowest BCUT2D eigenvalue weighted by molar-refractivity contribution is 0.628. The average Bonchev–Trinajstić information content (AvgIpc) is 2.55. The number of nitrogens with zero attached hydrogens (tertiary/aromatic N) is 2. The summed E-state index contributed by atoms with van der Waals surface area (Å²) < 4.78 is 13.1. The van der Waals surface area contributed by atoms with E-state index < -0.39 is 0 Å². The minimum atomic E-state index is -0.326. The summed E-state index contributed by atoms with van der Waals surface area (Å²) in [5.41, 5.74) is 9.18. The third-order valence-electron chi connectivity index (χ3n) is 3.38. The molecule has 0 amide bonds. The molecule has 0 saturated carbocycles. The van der Waals surface area contributed by atoms with Gasteiger partial charge in [-0.05, 0) is 23.8 Å². The molecule has 0 aliphatic carbocycles. The van der Waals surface area contributed by atoms with Crippen LogP contribution in [0.2, 0.25) is 0 Å². The molecule has 0 radical (unpaired) electrons. The van der Waals surface area contributed by atoms with Crippen molar-refractivity contribution in [3.8, 4) is 28.5 Å². The van der Waals surface area contributed by atoms with E-state index in [9.17, 15) is 9.65 Å². The van der Waals surface area contributed by atoms with Gasteiger partial charge in [-0.1, -0.05) is 42.5 Å². The van der Waals surface area contributed by atoms with Crippen molar-refractivity contribution >= 4 is 5.82 Å². The maximum atomic E-state index is 13.1. The van der Waals surface area contributed by atoms with Gasteiger partial charge in [0.05, 0.1) is 5.69 Å². The van der Waals surface area contributed by atoms with Crippen LogP contribution in [0.4, 0.5) is 10.2 Å². The van der Waals surface area contributed by atoms with Crippen molar-refractivity contribution in [1.82, 2.24) is 4.98 Å². The first kappa shape index (κ1) is 13.8. The van der Waals surface area contributed by atoms with Crippen LogP contribution in [0.15, 0.2) is 60.7 Å². The lowest BCUT2D eigenvalue weighted by Gasteiger charge is -2.10. The Hall–Kier alpha value is -3.19. The smallest absolute Gasteiger partial charge is 0.142 e. The third-order valence-corrected chi connectivity index (χ3v) is 3.38. The highest BCUT2D eigenvalue weighted by Gasteiger charge is 2.13. The molecular formula is C18H12FN3. The third kappa shape index (κ3) is 2.52. The molecule has 2 aromatic carbocycles. The van der Waals surface area contributed by atoms with Crippen molar-refractivity contribution in [1.29, 1.82) is 5.26 Å². The molecule has 0 atom stereocenters. The number of nitrogens with two attached hydrogens (primary N) is 1. The van der Waals surface area contributed by atoms with Crippen molar-refractivity contribution in [2.75, 3.05) is 5.73 Å². The number of pyridine rings is 1. The maximum absolute atomic E-state index is 13.1. The number of nitriles is 1. The standard InChI is InChI=1S/C18H12FN3/c19-14-8-6-12(7-9-14)15-10-17(13-4-2-1-3-5-13)22-18(21)16(15)11-20/h1-10H,(H2,21,22). The van der Waals surface area contributed by atoms with Crippen molar-refractivity contribution in [3.63, 3.8) is 0 Å². The van der Waals surface area contributed by atoms with E-state index in [0.29, 0.717) is 16.8 Å². The van der Waals surface area contributed by atoms with Gasteiger partial charge in [-0.3, -0.25) is 0 Å². The maximum Gasteiger partial charge on any atom is 0.142 e. The highest BCUT2D eigenvalue weighted by molar-refractivity contribution is 5.80. The van der Waals surface area contributed by atoms with E-state index in [-0.39, 0.29) is 11.6 Å². The fourth-order valence-electron chi connectivity index (χ4n) is 2.30. The molecule has 0 spiro atoms. The van der Waals surface area contributed by atoms with E-state index in [0.717, 1.165) is 11.1 Å². The van der Waals surface area contributed by atoms with E-state index in [1.807, 2.05) is 30.3 Å². The number of benzene rings is 2. The molecule has 3 nitrogen and oxygen atoms in total. The van der Waals surface area contributed by atoms with Gasteiger partial charge in [0.1, 0.15) is 23.3 Å². The van der Waals surface area contributed by atoms with Gasteiger partial charge in [0.15, 0.2) is 0 Å². The van der Waals surface area contributed by atoms with E-state index in [4.69, 9.17) is 5.73 Å². The number of rotatable bonds is 2. The number of halogens is 1. The highest BCUT2D eigenvalue weighted by Crippen LogP contribution is 2.31. The number of hydrogen-bond acceptors (Lipinski definition) is 3. The highest BCUT2D eigenvalue weighted by atomic mass is 19.1. The summed E-state index contributed by atoms with van der Waals surface area (Å²) in [7, 11) is 0. The van der Waals surface area contributed by atoms with E-state index in [2.05, 4.69) is 11.1 Å². The van der Waals surface area contributed by atoms with Gasteiger partial charge in [-0.15, -0.1) is 0 Å². The summed E-state index contributed by atoms with van der Waals surface area (Å²) in [5.74, 6) is -0.157. The summed E-state index contributed by atoms with van der Waals surface area (Å²) in [4.78, 5) is 4.30. The predicted molar refractivity (Wildman–Crippen MR) is 84.2 cm³/mol. The Bertz CT molecular complexity index is 850. The van der Waals surface area contributed by atoms with E-state index >= 15 is 0 Å². The summed E-state index contributed by atoms with van der Waals surface area (Å²) in [6.45, 7) is 0. The molecule has 1 aromatic heterocycles. The molecule has 0 bridgehead atoms. The summed E-state index contributed by atoms with van der Waals surface area (Å²) in [5, 5.41) is 9.33. The Morgan fingerprint density at radius 3 is 2.27 bits per heavy atom. The topological polar surface area (TPSA) is 62.7 Å². The molecular weight excluding hydrogens is 277 g/mol. The Kier molecular flexibility index (Phi) is 3.55.